The van der Waals surface area contributed by atoms with Gasteiger partial charge in [0.15, 0.2) is 0 Å². The number of fused-ring (bicyclic) bond motifs is 8. The molecule has 8 aliphatic carbocycles. The smallest absolute Gasteiger partial charge is 0.0238 e. The predicted molar refractivity (Wildman–Crippen MR) is 276 cm³/mol. The maximum absolute atomic E-state index is 3.48. The van der Waals surface area contributed by atoms with E-state index in [-0.39, 0.29) is 17.3 Å². The molecule has 0 fully saturated rings. The van der Waals surface area contributed by atoms with Gasteiger partial charge in [0.1, 0.15) is 0 Å². The Morgan fingerprint density at radius 1 is 0.515 bits per heavy atom. The van der Waals surface area contributed by atoms with Crippen molar-refractivity contribution >= 4 is 33.9 Å². The van der Waals surface area contributed by atoms with E-state index in [4.69, 9.17) is 0 Å². The zero-order valence-electron chi connectivity index (χ0n) is 38.3. The molecule has 4 atom stereocenters. The third-order valence-electron chi connectivity index (χ3n) is 16.3. The number of benzene rings is 4. The summed E-state index contributed by atoms with van der Waals surface area (Å²) < 4.78 is 0. The van der Waals surface area contributed by atoms with Crippen molar-refractivity contribution in [1.82, 2.24) is 0 Å². The Morgan fingerprint density at radius 3 is 1.88 bits per heavy atom. The van der Waals surface area contributed by atoms with Crippen molar-refractivity contribution in [2.45, 2.75) is 64.7 Å². The average Bonchev–Trinajstić information content (AvgIpc) is 3.59. The van der Waals surface area contributed by atoms with Gasteiger partial charge < -0.3 is 0 Å². The lowest BCUT2D eigenvalue weighted by Gasteiger charge is -2.36. The number of aryl methyl sites for hydroxylation is 2. The summed E-state index contributed by atoms with van der Waals surface area (Å²) >= 11 is 0. The molecule has 4 unspecified atom stereocenters. The molecule has 0 spiro atoms. The molecule has 0 heterocycles. The molecule has 0 amide bonds. The molecule has 0 saturated carbocycles. The maximum Gasteiger partial charge on any atom is 0.0238 e. The van der Waals surface area contributed by atoms with Crippen LogP contribution in [0.15, 0.2) is 187 Å². The third kappa shape index (κ3) is 6.13. The van der Waals surface area contributed by atoms with Gasteiger partial charge in [-0.25, -0.2) is 0 Å². The van der Waals surface area contributed by atoms with E-state index in [2.05, 4.69) is 203 Å². The molecule has 0 aliphatic heterocycles. The Balaban J connectivity index is 0.876. The van der Waals surface area contributed by atoms with Crippen LogP contribution < -0.4 is 20.9 Å². The SMILES string of the molecule is Cc1ccc2c(c1)=C(C1=Cc3ccc(C4=CC=C(C5=c6ccccc6=C(C6=CC=CCC6)C6C=CC=CC56)CC4)cc3CC1)C1C=CC=CC1C=2c1ccc2c(c1)C(C)(C)c1c#cccc1-2. The highest BCUT2D eigenvalue weighted by molar-refractivity contribution is 5.88. The van der Waals surface area contributed by atoms with Crippen molar-refractivity contribution in [3.05, 3.63) is 259 Å². The molecule has 0 N–H and O–H groups in total. The second-order valence-corrected chi connectivity index (χ2v) is 20.3. The fraction of sp³-hybridized carbons (Fsp3) is 0.212. The van der Waals surface area contributed by atoms with Crippen LogP contribution in [-0.4, -0.2) is 0 Å². The minimum absolute atomic E-state index is 0.125. The first-order valence-corrected chi connectivity index (χ1v) is 24.5. The molecule has 66 heavy (non-hydrogen) atoms. The topological polar surface area (TPSA) is 0 Å². The molecular formula is C66H54. The Kier molecular flexibility index (Phi) is 9.16. The van der Waals surface area contributed by atoms with E-state index in [1.54, 1.807) is 0 Å². The Bertz CT molecular complexity index is 3520. The number of hydrogen-bond acceptors (Lipinski definition) is 0. The van der Waals surface area contributed by atoms with E-state index in [1.165, 1.54) is 116 Å². The van der Waals surface area contributed by atoms with Crippen molar-refractivity contribution in [1.29, 1.82) is 0 Å². The molecule has 0 saturated heterocycles. The van der Waals surface area contributed by atoms with E-state index in [9.17, 15) is 0 Å². The fourth-order valence-electron chi connectivity index (χ4n) is 13.2. The Hall–Kier alpha value is -6.94. The largest absolute Gasteiger partial charge is 0.0842 e. The molecule has 8 aliphatic rings. The molecule has 0 aromatic heterocycles. The van der Waals surface area contributed by atoms with Crippen LogP contribution in [0.5, 0.6) is 0 Å². The average molecular weight is 847 g/mol. The number of rotatable bonds is 5. The minimum atomic E-state index is -0.125. The van der Waals surface area contributed by atoms with Gasteiger partial charge in [-0.05, 0) is 168 Å². The summed E-state index contributed by atoms with van der Waals surface area (Å²) in [7, 11) is 0. The Morgan fingerprint density at radius 2 is 1.17 bits per heavy atom. The number of allylic oxidation sites excluding steroid dienone is 17. The minimum Gasteiger partial charge on any atom is -0.0842 e. The van der Waals surface area contributed by atoms with Crippen LogP contribution in [0, 0.1) is 42.7 Å². The van der Waals surface area contributed by atoms with Crippen molar-refractivity contribution in [2.75, 3.05) is 0 Å². The van der Waals surface area contributed by atoms with Crippen LogP contribution in [0.2, 0.25) is 0 Å². The van der Waals surface area contributed by atoms with Crippen LogP contribution in [0.4, 0.5) is 0 Å². The summed E-state index contributed by atoms with van der Waals surface area (Å²) in [6, 6.07) is 41.9. The fourth-order valence-corrected chi connectivity index (χ4v) is 13.2. The van der Waals surface area contributed by atoms with Gasteiger partial charge in [-0.15, -0.1) is 0 Å². The molecule has 13 rings (SSSR count). The summed E-state index contributed by atoms with van der Waals surface area (Å²) in [5, 5.41) is 5.63. The highest BCUT2D eigenvalue weighted by Gasteiger charge is 2.39. The summed E-state index contributed by atoms with van der Waals surface area (Å²) in [5.74, 6) is 1.27. The number of hydrogen-bond donors (Lipinski definition) is 0. The van der Waals surface area contributed by atoms with E-state index < -0.39 is 0 Å². The molecular weight excluding hydrogens is 793 g/mol. The van der Waals surface area contributed by atoms with Crippen LogP contribution in [0.3, 0.4) is 0 Å². The summed E-state index contributed by atoms with van der Waals surface area (Å²) in [5.41, 5.74) is 24.0. The lowest BCUT2D eigenvalue weighted by Crippen LogP contribution is -2.41. The van der Waals surface area contributed by atoms with Gasteiger partial charge in [-0.1, -0.05) is 189 Å². The van der Waals surface area contributed by atoms with Crippen LogP contribution >= 0.6 is 0 Å². The summed E-state index contributed by atoms with van der Waals surface area (Å²) in [6.07, 6.45) is 39.8. The van der Waals surface area contributed by atoms with Crippen molar-refractivity contribution in [3.63, 3.8) is 0 Å². The van der Waals surface area contributed by atoms with Crippen molar-refractivity contribution in [3.8, 4) is 11.1 Å². The monoisotopic (exact) mass is 846 g/mol. The zero-order valence-corrected chi connectivity index (χ0v) is 38.3. The first kappa shape index (κ1) is 39.4. The first-order chi connectivity index (χ1) is 32.4. The normalized spacial score (nSPS) is 23.6. The van der Waals surface area contributed by atoms with Gasteiger partial charge in [0.2, 0.25) is 0 Å². The molecule has 0 nitrogen and oxygen atoms in total. The summed E-state index contributed by atoms with van der Waals surface area (Å²) in [4.78, 5) is 0. The maximum atomic E-state index is 3.48. The van der Waals surface area contributed by atoms with E-state index >= 15 is 0 Å². The van der Waals surface area contributed by atoms with Gasteiger partial charge in [0.05, 0.1) is 0 Å². The lowest BCUT2D eigenvalue weighted by atomic mass is 9.68. The molecule has 0 radical (unpaired) electrons. The van der Waals surface area contributed by atoms with Crippen molar-refractivity contribution < 1.29 is 0 Å². The molecule has 5 aromatic rings. The van der Waals surface area contributed by atoms with Gasteiger partial charge in [0.25, 0.3) is 0 Å². The van der Waals surface area contributed by atoms with Crippen molar-refractivity contribution in [2.24, 2.45) is 23.7 Å². The summed E-state index contributed by atoms with van der Waals surface area (Å²) in [6.45, 7) is 6.95. The van der Waals surface area contributed by atoms with Gasteiger partial charge >= 0.3 is 0 Å². The van der Waals surface area contributed by atoms with Gasteiger partial charge in [-0.3, -0.25) is 0 Å². The van der Waals surface area contributed by atoms with Gasteiger partial charge in [0, 0.05) is 34.7 Å². The van der Waals surface area contributed by atoms with E-state index in [0.717, 1.165) is 38.5 Å². The Labute approximate surface area is 390 Å². The third-order valence-corrected chi connectivity index (χ3v) is 16.3. The predicted octanol–water partition coefficient (Wildman–Crippen LogP) is 12.4. The van der Waals surface area contributed by atoms with Crippen LogP contribution in [-0.2, 0) is 11.8 Å². The first-order valence-electron chi connectivity index (χ1n) is 24.5. The highest BCUT2D eigenvalue weighted by atomic mass is 14.4. The molecule has 0 heteroatoms. The molecule has 0 bridgehead atoms. The molecule has 5 aromatic carbocycles. The zero-order chi connectivity index (χ0) is 44.1. The quantitative estimate of drug-likeness (QED) is 0.165. The van der Waals surface area contributed by atoms with E-state index in [0.29, 0.717) is 11.8 Å². The lowest BCUT2D eigenvalue weighted by molar-refractivity contribution is 0.658. The van der Waals surface area contributed by atoms with Crippen LogP contribution in [0.25, 0.3) is 45.1 Å². The highest BCUT2D eigenvalue weighted by Crippen LogP contribution is 2.50. The second kappa shape index (κ2) is 15.3. The molecule has 318 valence electrons. The van der Waals surface area contributed by atoms with E-state index in [1.807, 2.05) is 6.07 Å². The standard InChI is InChI=1S/C66H54/c1-41-25-35-58-59(37-41)65(57-23-12-11-22-56(57)64(58)49-34-36-51-50-17-13-14-24-60(50)66(2,3)61(51)40-49)48-33-32-46-38-45(30-31-47(46)39-48)42-26-28-44(29-27-42)63-54-20-9-7-18-52(54)62(43-15-5-4-6-16-43)53-19-8-10-21-55(53)63/h4-5,7-13,15,17-23,25-26,28,30-31,34-40,52,54,56-57H,6,16,27,29,32-33H2,1-3H3. The second-order valence-electron chi connectivity index (χ2n) is 20.3. The van der Waals surface area contributed by atoms with Gasteiger partial charge in [-0.2, -0.15) is 0 Å². The van der Waals surface area contributed by atoms with Crippen LogP contribution in [0.1, 0.15) is 84.9 Å².